The molecule has 24 heavy (non-hydrogen) atoms. The summed E-state index contributed by atoms with van der Waals surface area (Å²) < 4.78 is 0. The molecule has 3 rings (SSSR count). The summed E-state index contributed by atoms with van der Waals surface area (Å²) in [5.74, 6) is 1.75. The van der Waals surface area contributed by atoms with Crippen molar-refractivity contribution in [2.24, 2.45) is 0 Å². The summed E-state index contributed by atoms with van der Waals surface area (Å²) in [5.41, 5.74) is 4.78. The van der Waals surface area contributed by atoms with Crippen molar-refractivity contribution in [3.05, 3.63) is 83.0 Å². The van der Waals surface area contributed by atoms with Gasteiger partial charge in [0.25, 0.3) is 0 Å². The smallest absolute Gasteiger partial charge is 0.190 e. The number of benzene rings is 2. The van der Waals surface area contributed by atoms with E-state index in [0.29, 0.717) is 0 Å². The number of hydrogen-bond acceptors (Lipinski definition) is 4. The van der Waals surface area contributed by atoms with Crippen molar-refractivity contribution < 1.29 is 0 Å². The normalized spacial score (nSPS) is 10.6. The van der Waals surface area contributed by atoms with Crippen LogP contribution in [0.25, 0.3) is 0 Å². The van der Waals surface area contributed by atoms with E-state index >= 15 is 0 Å². The minimum absolute atomic E-state index is 0.763. The number of aryl methyl sites for hydroxylation is 2. The van der Waals surface area contributed by atoms with Gasteiger partial charge in [-0.05, 0) is 25.0 Å². The van der Waals surface area contributed by atoms with Crippen molar-refractivity contribution in [1.29, 1.82) is 0 Å². The summed E-state index contributed by atoms with van der Waals surface area (Å²) >= 11 is 1.67. The highest BCUT2D eigenvalue weighted by Gasteiger charge is 2.04. The Bertz CT molecular complexity index is 786. The van der Waals surface area contributed by atoms with E-state index in [9.17, 15) is 0 Å². The number of nitrogens with zero attached hydrogens (tertiary/aromatic N) is 2. The topological polar surface area (TPSA) is 37.8 Å². The van der Waals surface area contributed by atoms with Crippen molar-refractivity contribution in [2.45, 2.75) is 31.3 Å². The van der Waals surface area contributed by atoms with Gasteiger partial charge in [0.2, 0.25) is 0 Å². The van der Waals surface area contributed by atoms with E-state index < -0.39 is 0 Å². The number of nitrogens with one attached hydrogen (secondary N) is 1. The average molecular weight is 335 g/mol. The summed E-state index contributed by atoms with van der Waals surface area (Å²) in [6.07, 6.45) is 0. The van der Waals surface area contributed by atoms with Crippen LogP contribution in [0.5, 0.6) is 0 Å². The maximum absolute atomic E-state index is 4.62. The molecule has 3 aromatic rings. The molecule has 0 aliphatic heterocycles. The van der Waals surface area contributed by atoms with Gasteiger partial charge in [0.1, 0.15) is 5.82 Å². The second-order valence-electron chi connectivity index (χ2n) is 5.79. The molecule has 122 valence electrons. The Morgan fingerprint density at radius 3 is 2.38 bits per heavy atom. The van der Waals surface area contributed by atoms with Crippen LogP contribution in [0, 0.1) is 13.8 Å². The molecule has 0 saturated heterocycles. The number of rotatable bonds is 6. The Morgan fingerprint density at radius 1 is 0.875 bits per heavy atom. The molecule has 0 fully saturated rings. The zero-order valence-corrected chi connectivity index (χ0v) is 14.8. The number of hydrogen-bond donors (Lipinski definition) is 1. The first kappa shape index (κ1) is 16.5. The first-order valence-corrected chi connectivity index (χ1v) is 8.99. The largest absolute Gasteiger partial charge is 0.366 e. The Kier molecular flexibility index (Phi) is 5.49. The molecule has 0 spiro atoms. The predicted octanol–water partition coefficient (Wildman–Crippen LogP) is 5.00. The van der Waals surface area contributed by atoms with E-state index in [1.54, 1.807) is 11.8 Å². The second kappa shape index (κ2) is 7.97. The zero-order chi connectivity index (χ0) is 16.8. The van der Waals surface area contributed by atoms with Crippen LogP contribution < -0.4 is 5.32 Å². The highest BCUT2D eigenvalue weighted by Crippen LogP contribution is 2.21. The highest BCUT2D eigenvalue weighted by molar-refractivity contribution is 7.98. The molecule has 4 heteroatoms. The Hall–Kier alpha value is -2.33. The molecule has 0 amide bonds. The van der Waals surface area contributed by atoms with Gasteiger partial charge in [0, 0.05) is 24.1 Å². The van der Waals surface area contributed by atoms with Gasteiger partial charge in [-0.2, -0.15) is 0 Å². The SMILES string of the molecule is Cc1ccc(CSc2nc(C)cc(NCc3ccccc3)n2)cc1. The van der Waals surface area contributed by atoms with Gasteiger partial charge in [-0.3, -0.25) is 0 Å². The molecule has 0 aliphatic rings. The summed E-state index contributed by atoms with van der Waals surface area (Å²) in [7, 11) is 0. The lowest BCUT2D eigenvalue weighted by molar-refractivity contribution is 0.923. The first-order chi connectivity index (χ1) is 11.7. The van der Waals surface area contributed by atoms with Crippen LogP contribution in [0.1, 0.15) is 22.4 Å². The number of thioether (sulfide) groups is 1. The van der Waals surface area contributed by atoms with E-state index in [4.69, 9.17) is 0 Å². The third kappa shape index (κ3) is 4.83. The number of aromatic nitrogens is 2. The molecule has 0 saturated carbocycles. The zero-order valence-electron chi connectivity index (χ0n) is 14.0. The fourth-order valence-electron chi connectivity index (χ4n) is 2.32. The summed E-state index contributed by atoms with van der Waals surface area (Å²) in [6, 6.07) is 20.9. The Labute approximate surface area is 147 Å². The van der Waals surface area contributed by atoms with Gasteiger partial charge in [-0.25, -0.2) is 9.97 Å². The first-order valence-electron chi connectivity index (χ1n) is 8.01. The number of anilines is 1. The van der Waals surface area contributed by atoms with Gasteiger partial charge < -0.3 is 5.32 Å². The molecule has 0 unspecified atom stereocenters. The van der Waals surface area contributed by atoms with Crippen molar-refractivity contribution >= 4 is 17.6 Å². The summed E-state index contributed by atoms with van der Waals surface area (Å²) in [6.45, 7) is 4.87. The van der Waals surface area contributed by atoms with E-state index in [0.717, 1.165) is 29.0 Å². The highest BCUT2D eigenvalue weighted by atomic mass is 32.2. The average Bonchev–Trinajstić information content (AvgIpc) is 2.60. The fraction of sp³-hybridized carbons (Fsp3) is 0.200. The Balaban J connectivity index is 1.63. The lowest BCUT2D eigenvalue weighted by Crippen LogP contribution is -2.03. The van der Waals surface area contributed by atoms with E-state index in [1.807, 2.05) is 31.2 Å². The molecule has 3 nitrogen and oxygen atoms in total. The quantitative estimate of drug-likeness (QED) is 0.508. The predicted molar refractivity (Wildman–Crippen MR) is 101 cm³/mol. The lowest BCUT2D eigenvalue weighted by Gasteiger charge is -2.08. The molecule has 0 bridgehead atoms. The minimum Gasteiger partial charge on any atom is -0.366 e. The van der Waals surface area contributed by atoms with Crippen LogP contribution in [0.2, 0.25) is 0 Å². The fourth-order valence-corrected chi connectivity index (χ4v) is 3.18. The summed E-state index contributed by atoms with van der Waals surface area (Å²) in [5, 5.41) is 4.19. The standard InChI is InChI=1S/C20H21N3S/c1-15-8-10-18(11-9-15)14-24-20-22-16(2)12-19(23-20)21-13-17-6-4-3-5-7-17/h3-12H,13-14H2,1-2H3,(H,21,22,23). The molecular formula is C20H21N3S. The second-order valence-corrected chi connectivity index (χ2v) is 6.73. The maximum atomic E-state index is 4.62. The van der Waals surface area contributed by atoms with Gasteiger partial charge >= 0.3 is 0 Å². The van der Waals surface area contributed by atoms with E-state index in [2.05, 4.69) is 58.6 Å². The monoisotopic (exact) mass is 335 g/mol. The molecule has 1 N–H and O–H groups in total. The van der Waals surface area contributed by atoms with Gasteiger partial charge in [0.05, 0.1) is 0 Å². The maximum Gasteiger partial charge on any atom is 0.190 e. The van der Waals surface area contributed by atoms with Crippen molar-refractivity contribution in [3.63, 3.8) is 0 Å². The van der Waals surface area contributed by atoms with Crippen LogP contribution in [0.4, 0.5) is 5.82 Å². The summed E-state index contributed by atoms with van der Waals surface area (Å²) in [4.78, 5) is 9.16. The molecular weight excluding hydrogens is 314 g/mol. The molecule has 0 atom stereocenters. The van der Waals surface area contributed by atoms with Crippen LogP contribution in [0.15, 0.2) is 65.8 Å². The third-order valence-corrected chi connectivity index (χ3v) is 4.56. The molecule has 0 aliphatic carbocycles. The minimum atomic E-state index is 0.763. The third-order valence-electron chi connectivity index (χ3n) is 3.64. The van der Waals surface area contributed by atoms with E-state index in [-0.39, 0.29) is 0 Å². The van der Waals surface area contributed by atoms with E-state index in [1.165, 1.54) is 16.7 Å². The van der Waals surface area contributed by atoms with Crippen molar-refractivity contribution in [1.82, 2.24) is 9.97 Å². The Morgan fingerprint density at radius 2 is 1.62 bits per heavy atom. The van der Waals surface area contributed by atoms with Crippen molar-refractivity contribution in [2.75, 3.05) is 5.32 Å². The van der Waals surface area contributed by atoms with Crippen LogP contribution in [-0.4, -0.2) is 9.97 Å². The van der Waals surface area contributed by atoms with Crippen LogP contribution in [-0.2, 0) is 12.3 Å². The van der Waals surface area contributed by atoms with Gasteiger partial charge in [0.15, 0.2) is 5.16 Å². The van der Waals surface area contributed by atoms with Crippen molar-refractivity contribution in [3.8, 4) is 0 Å². The van der Waals surface area contributed by atoms with Gasteiger partial charge in [-0.15, -0.1) is 0 Å². The van der Waals surface area contributed by atoms with Crippen LogP contribution >= 0.6 is 11.8 Å². The molecule has 2 aromatic carbocycles. The lowest BCUT2D eigenvalue weighted by atomic mass is 10.2. The molecule has 1 aromatic heterocycles. The molecule has 0 radical (unpaired) electrons. The van der Waals surface area contributed by atoms with Crippen LogP contribution in [0.3, 0.4) is 0 Å². The molecule has 1 heterocycles. The van der Waals surface area contributed by atoms with Gasteiger partial charge in [-0.1, -0.05) is 71.9 Å².